The maximum absolute atomic E-state index is 15.8. The lowest BCUT2D eigenvalue weighted by Crippen LogP contribution is -2.53. The van der Waals surface area contributed by atoms with Gasteiger partial charge in [-0.25, -0.2) is 9.37 Å². The summed E-state index contributed by atoms with van der Waals surface area (Å²) in [5.74, 6) is -0.926. The number of carboxylic acid groups (broad SMARTS) is 1. The zero-order chi connectivity index (χ0) is 26.7. The van der Waals surface area contributed by atoms with E-state index in [0.29, 0.717) is 59.0 Å². The van der Waals surface area contributed by atoms with E-state index in [2.05, 4.69) is 20.2 Å². The first-order valence-electron chi connectivity index (χ1n) is 13.8. The average molecular weight is 531 g/mol. The fourth-order valence-corrected chi connectivity index (χ4v) is 6.71. The summed E-state index contributed by atoms with van der Waals surface area (Å²) in [5.41, 5.74) is 3.03. The Hall–Kier alpha value is -3.92. The van der Waals surface area contributed by atoms with Crippen molar-refractivity contribution in [2.24, 2.45) is 11.8 Å². The van der Waals surface area contributed by atoms with E-state index in [1.54, 1.807) is 11.0 Å². The molecule has 4 aromatic rings. The maximum atomic E-state index is 15.8. The molecule has 39 heavy (non-hydrogen) atoms. The van der Waals surface area contributed by atoms with Gasteiger partial charge in [0.2, 0.25) is 0 Å². The number of anilines is 2. The van der Waals surface area contributed by atoms with Gasteiger partial charge < -0.3 is 30.2 Å². The van der Waals surface area contributed by atoms with Crippen LogP contribution >= 0.6 is 0 Å². The summed E-state index contributed by atoms with van der Waals surface area (Å²) in [5, 5.41) is 13.8. The molecule has 2 aromatic heterocycles. The van der Waals surface area contributed by atoms with Gasteiger partial charge in [0.25, 0.3) is 5.56 Å². The van der Waals surface area contributed by atoms with Gasteiger partial charge in [0.15, 0.2) is 0 Å². The van der Waals surface area contributed by atoms with Gasteiger partial charge in [-0.3, -0.25) is 9.59 Å². The third-order valence-electron chi connectivity index (χ3n) is 8.80. The normalized spacial score (nSPS) is 24.9. The second kappa shape index (κ2) is 9.37. The second-order valence-electron chi connectivity index (χ2n) is 11.2. The number of nitrogens with one attached hydrogen (secondary N) is 3. The molecule has 1 unspecified atom stereocenters. The Morgan fingerprint density at radius 1 is 1.05 bits per heavy atom. The first-order valence-corrected chi connectivity index (χ1v) is 13.8. The van der Waals surface area contributed by atoms with Gasteiger partial charge in [0.1, 0.15) is 17.2 Å². The molecule has 6 heterocycles. The summed E-state index contributed by atoms with van der Waals surface area (Å²) in [6, 6.07) is 10.9. The number of hydrogen-bond acceptors (Lipinski definition) is 6. The van der Waals surface area contributed by atoms with Crippen LogP contribution in [0.25, 0.3) is 33.3 Å². The molecule has 10 heteroatoms. The molecule has 8 rings (SSSR count). The Morgan fingerprint density at radius 3 is 2.62 bits per heavy atom. The molecule has 202 valence electrons. The minimum atomic E-state index is -0.867. The number of para-hydroxylation sites is 2. The highest BCUT2D eigenvalue weighted by molar-refractivity contribution is 6.00. The van der Waals surface area contributed by atoms with Crippen LogP contribution < -0.4 is 15.8 Å². The van der Waals surface area contributed by atoms with Crippen LogP contribution in [0.3, 0.4) is 0 Å². The monoisotopic (exact) mass is 530 g/mol. The lowest BCUT2D eigenvalue weighted by atomic mass is 9.83. The molecule has 9 nitrogen and oxygen atoms in total. The molecule has 2 atom stereocenters. The van der Waals surface area contributed by atoms with Gasteiger partial charge in [-0.1, -0.05) is 12.1 Å². The molecule has 0 saturated carbocycles. The molecular formula is C29H31FN6O3. The Kier molecular flexibility index (Phi) is 5.80. The second-order valence-corrected chi connectivity index (χ2v) is 11.2. The number of aromatic nitrogens is 3. The van der Waals surface area contributed by atoms with E-state index >= 15 is 4.39 Å². The number of rotatable bonds is 5. The number of carbonyl (C=O) groups is 1. The van der Waals surface area contributed by atoms with Crippen molar-refractivity contribution in [2.45, 2.75) is 31.7 Å². The van der Waals surface area contributed by atoms with Crippen molar-refractivity contribution in [2.75, 3.05) is 42.9 Å². The molecule has 0 spiro atoms. The third kappa shape index (κ3) is 4.23. The van der Waals surface area contributed by atoms with Gasteiger partial charge in [-0.15, -0.1) is 0 Å². The number of carboxylic acids is 1. The lowest BCUT2D eigenvalue weighted by molar-refractivity contribution is -0.141. The van der Waals surface area contributed by atoms with Crippen LogP contribution in [-0.2, 0) is 4.79 Å². The highest BCUT2D eigenvalue weighted by Gasteiger charge is 2.35. The van der Waals surface area contributed by atoms with Crippen LogP contribution in [0.5, 0.6) is 0 Å². The van der Waals surface area contributed by atoms with E-state index in [4.69, 9.17) is 4.98 Å². The van der Waals surface area contributed by atoms with Crippen molar-refractivity contribution in [3.05, 3.63) is 52.6 Å². The van der Waals surface area contributed by atoms with Crippen molar-refractivity contribution >= 4 is 39.3 Å². The number of aromatic amines is 2. The number of pyridine rings is 1. The summed E-state index contributed by atoms with van der Waals surface area (Å²) in [4.78, 5) is 40.5. The summed E-state index contributed by atoms with van der Waals surface area (Å²) < 4.78 is 15.8. The van der Waals surface area contributed by atoms with Crippen molar-refractivity contribution in [1.82, 2.24) is 19.9 Å². The van der Waals surface area contributed by atoms with E-state index in [-0.39, 0.29) is 18.1 Å². The largest absolute Gasteiger partial charge is 0.481 e. The predicted molar refractivity (Wildman–Crippen MR) is 149 cm³/mol. The van der Waals surface area contributed by atoms with Crippen LogP contribution in [0.2, 0.25) is 0 Å². The fraction of sp³-hybridized carbons (Fsp3) is 0.414. The molecule has 0 amide bonds. The topological polar surface area (TPSA) is 117 Å². The molecule has 4 N–H and O–H groups in total. The Morgan fingerprint density at radius 2 is 1.87 bits per heavy atom. The van der Waals surface area contributed by atoms with E-state index in [1.807, 2.05) is 24.3 Å². The van der Waals surface area contributed by atoms with Crippen molar-refractivity contribution in [3.8, 4) is 11.4 Å². The van der Waals surface area contributed by atoms with Gasteiger partial charge in [0.05, 0.1) is 33.8 Å². The first kappa shape index (κ1) is 24.1. The van der Waals surface area contributed by atoms with Gasteiger partial charge in [0, 0.05) is 31.1 Å². The summed E-state index contributed by atoms with van der Waals surface area (Å²) >= 11 is 0. The van der Waals surface area contributed by atoms with E-state index in [1.165, 1.54) is 6.07 Å². The minimum Gasteiger partial charge on any atom is -0.481 e. The van der Waals surface area contributed by atoms with E-state index in [9.17, 15) is 14.7 Å². The number of fused-ring (bicyclic) bond motifs is 5. The Balaban J connectivity index is 1.37. The smallest absolute Gasteiger partial charge is 0.308 e. The number of nitrogens with zero attached hydrogens (tertiary/aromatic N) is 3. The highest BCUT2D eigenvalue weighted by Crippen LogP contribution is 2.38. The van der Waals surface area contributed by atoms with Crippen molar-refractivity contribution < 1.29 is 14.3 Å². The Labute approximate surface area is 224 Å². The number of aliphatic carboxylic acids is 1. The molecule has 2 bridgehead atoms. The summed E-state index contributed by atoms with van der Waals surface area (Å²) in [6.07, 6.45) is 3.43. The summed E-state index contributed by atoms with van der Waals surface area (Å²) in [6.45, 7) is 3.85. The third-order valence-corrected chi connectivity index (χ3v) is 8.80. The minimum absolute atomic E-state index is 0.141. The SMILES string of the molecule is O=C(O)C1CCCN(c2cc3[nH]c(=O)c(-c4nc5ccccc5[nH]4)c(N[C@@H]4CN5CCC4CC5)c3cc2F)C1. The van der Waals surface area contributed by atoms with Crippen LogP contribution in [0.4, 0.5) is 15.8 Å². The zero-order valence-electron chi connectivity index (χ0n) is 21.5. The highest BCUT2D eigenvalue weighted by atomic mass is 19.1. The molecule has 4 saturated heterocycles. The molecule has 2 aromatic carbocycles. The number of hydrogen-bond donors (Lipinski definition) is 4. The van der Waals surface area contributed by atoms with E-state index < -0.39 is 17.7 Å². The molecule has 4 aliphatic rings. The molecule has 0 radical (unpaired) electrons. The molecule has 0 aliphatic carbocycles. The maximum Gasteiger partial charge on any atom is 0.308 e. The van der Waals surface area contributed by atoms with Crippen molar-refractivity contribution in [1.29, 1.82) is 0 Å². The van der Waals surface area contributed by atoms with E-state index in [0.717, 1.165) is 43.5 Å². The number of piperidine rings is 4. The quantitative estimate of drug-likeness (QED) is 0.308. The fourth-order valence-electron chi connectivity index (χ4n) is 6.71. The molecular weight excluding hydrogens is 499 g/mol. The van der Waals surface area contributed by atoms with Crippen LogP contribution in [-0.4, -0.2) is 69.7 Å². The number of imidazole rings is 1. The van der Waals surface area contributed by atoms with Gasteiger partial charge in [-0.05, 0) is 69.0 Å². The summed E-state index contributed by atoms with van der Waals surface area (Å²) in [7, 11) is 0. The molecule has 4 aliphatic heterocycles. The molecule has 4 fully saturated rings. The predicted octanol–water partition coefficient (Wildman–Crippen LogP) is 4.02. The van der Waals surface area contributed by atoms with Gasteiger partial charge in [-0.2, -0.15) is 0 Å². The van der Waals surface area contributed by atoms with Crippen LogP contribution in [0, 0.1) is 17.7 Å². The standard InChI is InChI=1S/C29H31FN6O3/c30-19-12-18-22(13-24(19)36-9-3-4-17(14-36)29(38)39)34-28(37)25(27-32-20-5-1-2-6-21(20)33-27)26(18)31-23-15-35-10-7-16(23)8-11-35/h1-2,5-6,12-13,16-17,23H,3-4,7-11,14-15H2,(H,32,33)(H,38,39)(H2,31,34,37)/t17?,23-/m1/s1. The first-order chi connectivity index (χ1) is 18.9. The van der Waals surface area contributed by atoms with Crippen LogP contribution in [0.15, 0.2) is 41.2 Å². The number of H-pyrrole nitrogens is 2. The average Bonchev–Trinajstić information content (AvgIpc) is 3.37. The van der Waals surface area contributed by atoms with Gasteiger partial charge >= 0.3 is 5.97 Å². The van der Waals surface area contributed by atoms with Crippen LogP contribution in [0.1, 0.15) is 25.7 Å². The zero-order valence-corrected chi connectivity index (χ0v) is 21.5. The lowest BCUT2D eigenvalue weighted by Gasteiger charge is -2.45. The number of benzene rings is 2. The number of halogens is 1. The Bertz CT molecular complexity index is 1610. The van der Waals surface area contributed by atoms with Crippen molar-refractivity contribution in [3.63, 3.8) is 0 Å².